The van der Waals surface area contributed by atoms with Crippen LogP contribution < -0.4 is 10.4 Å². The Kier molecular flexibility index (Phi) is 4.76. The molecule has 0 aliphatic carbocycles. The van der Waals surface area contributed by atoms with Crippen LogP contribution >= 0.6 is 11.3 Å². The summed E-state index contributed by atoms with van der Waals surface area (Å²) in [4.78, 5) is 16.4. The highest BCUT2D eigenvalue weighted by atomic mass is 32.1. The number of aromatic nitrogens is 1. The molecule has 27 heavy (non-hydrogen) atoms. The smallest absolute Gasteiger partial charge is 0.207 e. The first kappa shape index (κ1) is 17.1. The van der Waals surface area contributed by atoms with E-state index >= 15 is 0 Å². The Morgan fingerprint density at radius 3 is 2.52 bits per heavy atom. The number of aldehydes is 1. The normalized spacial score (nSPS) is 17.8. The van der Waals surface area contributed by atoms with Crippen LogP contribution in [0.5, 0.6) is 0 Å². The molecule has 0 amide bonds. The highest BCUT2D eigenvalue weighted by Crippen LogP contribution is 2.30. The van der Waals surface area contributed by atoms with Crippen molar-refractivity contribution in [1.29, 1.82) is 0 Å². The molecular formula is C20H17N5OS. The van der Waals surface area contributed by atoms with E-state index in [0.29, 0.717) is 16.6 Å². The fourth-order valence-electron chi connectivity index (χ4n) is 2.78. The van der Waals surface area contributed by atoms with Crippen LogP contribution in [-0.4, -0.2) is 28.7 Å². The van der Waals surface area contributed by atoms with Gasteiger partial charge in [0, 0.05) is 10.9 Å². The summed E-state index contributed by atoms with van der Waals surface area (Å²) in [5, 5.41) is 13.2. The molecule has 3 aromatic rings. The van der Waals surface area contributed by atoms with E-state index in [9.17, 15) is 4.79 Å². The second kappa shape index (κ2) is 7.51. The molecule has 2 heterocycles. The molecule has 6 nitrogen and oxygen atoms in total. The molecule has 0 saturated carbocycles. The van der Waals surface area contributed by atoms with Gasteiger partial charge in [-0.05, 0) is 19.1 Å². The van der Waals surface area contributed by atoms with E-state index in [-0.39, 0.29) is 0 Å². The van der Waals surface area contributed by atoms with Crippen molar-refractivity contribution in [2.45, 2.75) is 13.0 Å². The van der Waals surface area contributed by atoms with Gasteiger partial charge in [0.05, 0.1) is 17.1 Å². The number of hydrogen-bond acceptors (Lipinski definition) is 7. The number of para-hydroxylation sites is 1. The lowest BCUT2D eigenvalue weighted by atomic mass is 10.1. The average Bonchev–Trinajstić information content (AvgIpc) is 3.32. The van der Waals surface area contributed by atoms with Crippen LogP contribution in [-0.2, 0) is 4.79 Å². The maximum absolute atomic E-state index is 11.8. The minimum atomic E-state index is -0.601. The highest BCUT2D eigenvalue weighted by Gasteiger charge is 2.34. The first-order valence-electron chi connectivity index (χ1n) is 8.46. The summed E-state index contributed by atoms with van der Waals surface area (Å²) in [5.74, 6) is 0. The standard InChI is InChI=1S/C20H17N5OS/c1-14-19(23-22-16-10-6-3-7-11-16)18(12-26)25(24-14)20-21-17(13-27-20)15-8-4-2-5-9-15/h2-13,18,22H,1H3/b23-19-. The lowest BCUT2D eigenvalue weighted by Gasteiger charge is -2.15. The maximum atomic E-state index is 11.8. The van der Waals surface area contributed by atoms with E-state index in [1.807, 2.05) is 73.0 Å². The number of carbonyl (C=O) groups excluding carboxylic acids is 1. The van der Waals surface area contributed by atoms with Crippen molar-refractivity contribution in [3.05, 3.63) is 66.0 Å². The molecule has 1 aliphatic heterocycles. The topological polar surface area (TPSA) is 70.0 Å². The van der Waals surface area contributed by atoms with E-state index in [1.54, 1.807) is 5.01 Å². The fourth-order valence-corrected chi connectivity index (χ4v) is 3.60. The van der Waals surface area contributed by atoms with Gasteiger partial charge in [-0.3, -0.25) is 5.43 Å². The number of rotatable bonds is 5. The van der Waals surface area contributed by atoms with Crippen LogP contribution in [0.25, 0.3) is 11.3 Å². The number of anilines is 2. The van der Waals surface area contributed by atoms with Gasteiger partial charge in [0.25, 0.3) is 0 Å². The molecule has 1 aromatic heterocycles. The molecule has 1 N–H and O–H groups in total. The Bertz CT molecular complexity index is 997. The second-order valence-corrected chi connectivity index (χ2v) is 6.80. The number of carbonyl (C=O) groups is 1. The third-order valence-electron chi connectivity index (χ3n) is 4.14. The summed E-state index contributed by atoms with van der Waals surface area (Å²) >= 11 is 1.45. The molecule has 1 atom stereocenters. The Balaban J connectivity index is 1.59. The Morgan fingerprint density at radius 2 is 1.81 bits per heavy atom. The first-order chi connectivity index (χ1) is 13.3. The minimum absolute atomic E-state index is 0.588. The summed E-state index contributed by atoms with van der Waals surface area (Å²) in [7, 11) is 0. The minimum Gasteiger partial charge on any atom is -0.301 e. The quantitative estimate of drug-likeness (QED) is 0.540. The van der Waals surface area contributed by atoms with Gasteiger partial charge >= 0.3 is 0 Å². The SMILES string of the molecule is CC1=NN(c2nc(-c3ccccc3)cs2)C(C=O)/C1=N\Nc1ccccc1. The van der Waals surface area contributed by atoms with Crippen molar-refractivity contribution in [3.63, 3.8) is 0 Å². The van der Waals surface area contributed by atoms with Crippen molar-refractivity contribution >= 4 is 39.9 Å². The number of hydrazone groups is 2. The van der Waals surface area contributed by atoms with Gasteiger partial charge in [-0.2, -0.15) is 10.2 Å². The van der Waals surface area contributed by atoms with Gasteiger partial charge in [-0.25, -0.2) is 9.99 Å². The predicted molar refractivity (Wildman–Crippen MR) is 110 cm³/mol. The number of nitrogens with one attached hydrogen (secondary N) is 1. The molecule has 0 fully saturated rings. The lowest BCUT2D eigenvalue weighted by molar-refractivity contribution is -0.107. The monoisotopic (exact) mass is 375 g/mol. The van der Waals surface area contributed by atoms with Gasteiger partial charge in [0.2, 0.25) is 5.13 Å². The first-order valence-corrected chi connectivity index (χ1v) is 9.34. The van der Waals surface area contributed by atoms with Crippen molar-refractivity contribution < 1.29 is 4.79 Å². The molecule has 1 unspecified atom stereocenters. The zero-order valence-corrected chi connectivity index (χ0v) is 15.4. The Labute approximate surface area is 160 Å². The average molecular weight is 375 g/mol. The molecule has 0 bridgehead atoms. The predicted octanol–water partition coefficient (Wildman–Crippen LogP) is 4.04. The van der Waals surface area contributed by atoms with Crippen LogP contribution in [0.15, 0.2) is 76.2 Å². The van der Waals surface area contributed by atoms with Crippen LogP contribution in [0.2, 0.25) is 0 Å². The van der Waals surface area contributed by atoms with Gasteiger partial charge in [0.15, 0.2) is 12.3 Å². The molecule has 2 aromatic carbocycles. The summed E-state index contributed by atoms with van der Waals surface area (Å²) in [6.45, 7) is 1.84. The summed E-state index contributed by atoms with van der Waals surface area (Å²) < 4.78 is 0. The van der Waals surface area contributed by atoms with Crippen molar-refractivity contribution in [3.8, 4) is 11.3 Å². The van der Waals surface area contributed by atoms with E-state index in [4.69, 9.17) is 0 Å². The van der Waals surface area contributed by atoms with Crippen molar-refractivity contribution in [1.82, 2.24) is 4.98 Å². The number of thiazole rings is 1. The maximum Gasteiger partial charge on any atom is 0.207 e. The van der Waals surface area contributed by atoms with Crippen LogP contribution in [0, 0.1) is 0 Å². The van der Waals surface area contributed by atoms with Crippen LogP contribution in [0.4, 0.5) is 10.8 Å². The molecule has 4 rings (SSSR count). The number of benzene rings is 2. The van der Waals surface area contributed by atoms with Gasteiger partial charge in [0.1, 0.15) is 5.71 Å². The summed E-state index contributed by atoms with van der Waals surface area (Å²) in [5.41, 5.74) is 7.00. The molecule has 134 valence electrons. The third-order valence-corrected chi connectivity index (χ3v) is 4.97. The number of nitrogens with zero attached hydrogens (tertiary/aromatic N) is 4. The summed E-state index contributed by atoms with van der Waals surface area (Å²) in [6, 6.07) is 18.9. The molecule has 7 heteroatoms. The Hall–Kier alpha value is -3.32. The molecular weight excluding hydrogens is 358 g/mol. The van der Waals surface area contributed by atoms with Crippen molar-refractivity contribution in [2.24, 2.45) is 10.2 Å². The Morgan fingerprint density at radius 1 is 1.11 bits per heavy atom. The van der Waals surface area contributed by atoms with E-state index in [2.05, 4.69) is 20.6 Å². The van der Waals surface area contributed by atoms with Crippen LogP contribution in [0.1, 0.15) is 6.92 Å². The largest absolute Gasteiger partial charge is 0.301 e. The molecule has 0 radical (unpaired) electrons. The molecule has 0 saturated heterocycles. The zero-order chi connectivity index (χ0) is 18.6. The molecule has 0 spiro atoms. The number of hydrogen-bond donors (Lipinski definition) is 1. The van der Waals surface area contributed by atoms with Gasteiger partial charge < -0.3 is 4.79 Å². The van der Waals surface area contributed by atoms with E-state index < -0.39 is 6.04 Å². The van der Waals surface area contributed by atoms with Crippen LogP contribution in [0.3, 0.4) is 0 Å². The van der Waals surface area contributed by atoms with E-state index in [1.165, 1.54) is 11.3 Å². The van der Waals surface area contributed by atoms with Gasteiger partial charge in [-0.1, -0.05) is 48.5 Å². The highest BCUT2D eigenvalue weighted by molar-refractivity contribution is 7.14. The lowest BCUT2D eigenvalue weighted by Crippen LogP contribution is -2.35. The third kappa shape index (κ3) is 3.50. The van der Waals surface area contributed by atoms with Gasteiger partial charge in [-0.15, -0.1) is 11.3 Å². The van der Waals surface area contributed by atoms with Crippen molar-refractivity contribution in [2.75, 3.05) is 10.4 Å². The summed E-state index contributed by atoms with van der Waals surface area (Å²) in [6.07, 6.45) is 0.842. The zero-order valence-electron chi connectivity index (χ0n) is 14.6. The van der Waals surface area contributed by atoms with E-state index in [0.717, 1.165) is 23.2 Å². The second-order valence-electron chi connectivity index (χ2n) is 5.97. The molecule has 1 aliphatic rings. The fraction of sp³-hybridized carbons (Fsp3) is 0.100.